The van der Waals surface area contributed by atoms with Crippen molar-refractivity contribution >= 4 is 11.8 Å². The van der Waals surface area contributed by atoms with Crippen molar-refractivity contribution in [3.05, 3.63) is 11.6 Å². The minimum atomic E-state index is 0.359. The number of ether oxygens (including phenoxy) is 2. The van der Waals surface area contributed by atoms with Crippen molar-refractivity contribution < 1.29 is 9.47 Å². The van der Waals surface area contributed by atoms with E-state index in [0.29, 0.717) is 6.10 Å². The summed E-state index contributed by atoms with van der Waals surface area (Å²) in [5.41, 5.74) is 0. The van der Waals surface area contributed by atoms with E-state index in [4.69, 9.17) is 9.47 Å². The Bertz CT molecular complexity index is 487. The van der Waals surface area contributed by atoms with Gasteiger partial charge in [0.2, 0.25) is 0 Å². The molecule has 0 aromatic heterocycles. The third-order valence-electron chi connectivity index (χ3n) is 7.78. The second-order valence-corrected chi connectivity index (χ2v) is 12.0. The summed E-state index contributed by atoms with van der Waals surface area (Å²) in [6.45, 7) is 6.22. The van der Waals surface area contributed by atoms with Gasteiger partial charge in [-0.05, 0) is 37.0 Å². The Hall–Kier alpha value is -0.190. The Morgan fingerprint density at radius 1 is 0.771 bits per heavy atom. The Labute approximate surface area is 223 Å². The van der Waals surface area contributed by atoms with E-state index in [1.165, 1.54) is 141 Å². The van der Waals surface area contributed by atoms with Crippen LogP contribution in [0.3, 0.4) is 0 Å². The fourth-order valence-electron chi connectivity index (χ4n) is 5.44. The van der Waals surface area contributed by atoms with Crippen LogP contribution in [0.1, 0.15) is 142 Å². The van der Waals surface area contributed by atoms with Gasteiger partial charge >= 0.3 is 0 Å². The molecule has 35 heavy (non-hydrogen) atoms. The van der Waals surface area contributed by atoms with E-state index in [-0.39, 0.29) is 0 Å². The van der Waals surface area contributed by atoms with Crippen molar-refractivity contribution in [1.29, 1.82) is 0 Å². The highest BCUT2D eigenvalue weighted by Gasteiger charge is 2.24. The van der Waals surface area contributed by atoms with Gasteiger partial charge in [0.1, 0.15) is 0 Å². The minimum absolute atomic E-state index is 0.359. The first-order chi connectivity index (χ1) is 17.4. The first-order valence-electron chi connectivity index (χ1n) is 15.6. The summed E-state index contributed by atoms with van der Waals surface area (Å²) in [5, 5.41) is 2.20. The van der Waals surface area contributed by atoms with Crippen LogP contribution >= 0.6 is 11.8 Å². The first-order valence-corrected chi connectivity index (χ1v) is 16.6. The van der Waals surface area contributed by atoms with Crippen LogP contribution in [0, 0.1) is 5.92 Å². The van der Waals surface area contributed by atoms with Crippen molar-refractivity contribution in [3.63, 3.8) is 0 Å². The van der Waals surface area contributed by atoms with Crippen LogP contribution in [0.15, 0.2) is 11.6 Å². The highest BCUT2D eigenvalue weighted by molar-refractivity contribution is 8.02. The van der Waals surface area contributed by atoms with Crippen LogP contribution in [0.2, 0.25) is 0 Å². The Morgan fingerprint density at radius 3 is 2.00 bits per heavy atom. The van der Waals surface area contributed by atoms with Gasteiger partial charge in [0.15, 0.2) is 0 Å². The lowest BCUT2D eigenvalue weighted by Gasteiger charge is -2.13. The SMILES string of the molecule is CCCCCCCCCCCCCCCCC1COC(COCCCCCCCN2C=CSC2)C1. The fraction of sp³-hybridized carbons (Fsp3) is 0.935. The summed E-state index contributed by atoms with van der Waals surface area (Å²) in [6.07, 6.45) is 31.9. The Morgan fingerprint density at radius 2 is 1.37 bits per heavy atom. The maximum atomic E-state index is 6.01. The molecule has 0 aliphatic carbocycles. The van der Waals surface area contributed by atoms with E-state index < -0.39 is 0 Å². The van der Waals surface area contributed by atoms with Crippen molar-refractivity contribution in [3.8, 4) is 0 Å². The third kappa shape index (κ3) is 17.8. The molecule has 2 unspecified atom stereocenters. The largest absolute Gasteiger partial charge is 0.379 e. The fourth-order valence-corrected chi connectivity index (χ4v) is 6.19. The lowest BCUT2D eigenvalue weighted by atomic mass is 9.97. The maximum absolute atomic E-state index is 6.01. The lowest BCUT2D eigenvalue weighted by molar-refractivity contribution is 0.0153. The van der Waals surface area contributed by atoms with E-state index in [1.807, 2.05) is 11.8 Å². The summed E-state index contributed by atoms with van der Waals surface area (Å²) >= 11 is 1.90. The molecule has 0 bridgehead atoms. The van der Waals surface area contributed by atoms with Crippen LogP contribution in [0.4, 0.5) is 0 Å². The maximum Gasteiger partial charge on any atom is 0.0812 e. The van der Waals surface area contributed by atoms with E-state index in [0.717, 1.165) is 31.6 Å². The van der Waals surface area contributed by atoms with Crippen molar-refractivity contribution in [2.24, 2.45) is 5.92 Å². The molecule has 2 heterocycles. The summed E-state index contributed by atoms with van der Waals surface area (Å²) in [5.74, 6) is 1.93. The molecule has 0 amide bonds. The molecule has 206 valence electrons. The molecule has 1 saturated heterocycles. The molecule has 0 radical (unpaired) electrons. The lowest BCUT2D eigenvalue weighted by Crippen LogP contribution is -2.15. The average molecular weight is 510 g/mol. The van der Waals surface area contributed by atoms with Gasteiger partial charge in [-0.2, -0.15) is 0 Å². The van der Waals surface area contributed by atoms with E-state index in [9.17, 15) is 0 Å². The van der Waals surface area contributed by atoms with E-state index in [2.05, 4.69) is 23.4 Å². The topological polar surface area (TPSA) is 21.7 Å². The molecule has 2 rings (SSSR count). The zero-order chi connectivity index (χ0) is 24.7. The normalized spacial score (nSPS) is 19.9. The van der Waals surface area contributed by atoms with Gasteiger partial charge in [-0.25, -0.2) is 0 Å². The highest BCUT2D eigenvalue weighted by Crippen LogP contribution is 2.25. The van der Waals surface area contributed by atoms with Crippen LogP contribution < -0.4 is 0 Å². The second kappa shape index (κ2) is 23.0. The van der Waals surface area contributed by atoms with Gasteiger partial charge in [-0.15, -0.1) is 11.8 Å². The van der Waals surface area contributed by atoms with Gasteiger partial charge in [0.25, 0.3) is 0 Å². The quantitative estimate of drug-likeness (QED) is 0.114. The minimum Gasteiger partial charge on any atom is -0.379 e. The molecule has 2 aliphatic heterocycles. The highest BCUT2D eigenvalue weighted by atomic mass is 32.2. The molecule has 4 heteroatoms. The van der Waals surface area contributed by atoms with E-state index in [1.54, 1.807) is 0 Å². The van der Waals surface area contributed by atoms with E-state index >= 15 is 0 Å². The molecule has 3 nitrogen and oxygen atoms in total. The second-order valence-electron chi connectivity index (χ2n) is 11.2. The standard InChI is InChI=1S/C31H59NO2S/c1-2-3-4-5-6-7-8-9-10-11-12-13-15-18-21-30-26-31(34-27-30)28-33-24-20-17-14-16-19-22-32-23-25-35-29-32/h23,25,30-31H,2-22,24,26-29H2,1H3. The van der Waals surface area contributed by atoms with Gasteiger partial charge in [0.05, 0.1) is 18.6 Å². The van der Waals surface area contributed by atoms with Gasteiger partial charge in [0, 0.05) is 26.0 Å². The molecular weight excluding hydrogens is 450 g/mol. The molecule has 2 aliphatic rings. The summed E-state index contributed by atoms with van der Waals surface area (Å²) in [7, 11) is 0. The predicted octanol–water partition coefficient (Wildman–Crippen LogP) is 9.71. The molecule has 0 N–H and O–H groups in total. The molecule has 2 atom stereocenters. The zero-order valence-corrected chi connectivity index (χ0v) is 24.2. The smallest absolute Gasteiger partial charge is 0.0812 e. The molecule has 0 spiro atoms. The molecule has 1 fully saturated rings. The molecule has 0 aromatic carbocycles. The van der Waals surface area contributed by atoms with Gasteiger partial charge in [-0.1, -0.05) is 116 Å². The van der Waals surface area contributed by atoms with Crippen LogP contribution in [-0.2, 0) is 9.47 Å². The number of nitrogens with zero attached hydrogens (tertiary/aromatic N) is 1. The Kier molecular flexibility index (Phi) is 20.4. The van der Waals surface area contributed by atoms with Crippen LogP contribution in [-0.4, -0.2) is 43.2 Å². The number of hydrogen-bond acceptors (Lipinski definition) is 4. The summed E-state index contributed by atoms with van der Waals surface area (Å²) in [6, 6.07) is 0. The number of thioether (sulfide) groups is 1. The number of rotatable bonds is 25. The summed E-state index contributed by atoms with van der Waals surface area (Å²) < 4.78 is 11.9. The molecule has 0 aromatic rings. The molecule has 0 saturated carbocycles. The predicted molar refractivity (Wildman–Crippen MR) is 155 cm³/mol. The van der Waals surface area contributed by atoms with Gasteiger partial charge in [-0.3, -0.25) is 0 Å². The van der Waals surface area contributed by atoms with Crippen LogP contribution in [0.25, 0.3) is 0 Å². The van der Waals surface area contributed by atoms with Crippen molar-refractivity contribution in [1.82, 2.24) is 4.90 Å². The monoisotopic (exact) mass is 509 g/mol. The van der Waals surface area contributed by atoms with Crippen LogP contribution in [0.5, 0.6) is 0 Å². The molecular formula is C31H59NO2S. The Balaban J connectivity index is 1.25. The zero-order valence-electron chi connectivity index (χ0n) is 23.4. The summed E-state index contributed by atoms with van der Waals surface area (Å²) in [4.78, 5) is 2.42. The van der Waals surface area contributed by atoms with Gasteiger partial charge < -0.3 is 14.4 Å². The first kappa shape index (κ1) is 31.0. The van der Waals surface area contributed by atoms with Crippen molar-refractivity contribution in [2.75, 3.05) is 32.2 Å². The third-order valence-corrected chi connectivity index (χ3v) is 8.57. The number of hydrogen-bond donors (Lipinski definition) is 0. The van der Waals surface area contributed by atoms with Crippen molar-refractivity contribution in [2.45, 2.75) is 148 Å². The number of unbranched alkanes of at least 4 members (excludes halogenated alkanes) is 17. The average Bonchev–Trinajstić information content (AvgIpc) is 3.55.